The highest BCUT2D eigenvalue weighted by molar-refractivity contribution is 14.1. The molecule has 0 N–H and O–H groups in total. The van der Waals surface area contributed by atoms with Crippen molar-refractivity contribution in [3.05, 3.63) is 43.0 Å². The largest absolute Gasteiger partial charge is 0.443 e. The summed E-state index contributed by atoms with van der Waals surface area (Å²) < 4.78 is 8.29. The molecule has 138 valence electrons. The van der Waals surface area contributed by atoms with Crippen LogP contribution in [0.5, 0.6) is 0 Å². The Morgan fingerprint density at radius 3 is 2.81 bits per heavy atom. The Labute approximate surface area is 174 Å². The highest BCUT2D eigenvalue weighted by Crippen LogP contribution is 2.30. The SMILES string of the molecule is Cc1c(I)cn2nc(Cl)nc(N(Cc3cccs3)C(=O)OC(C)(C)C)c12. The predicted octanol–water partition coefficient (Wildman–Crippen LogP) is 5.30. The maximum absolute atomic E-state index is 13.0. The van der Waals surface area contributed by atoms with Crippen molar-refractivity contribution < 1.29 is 9.53 Å². The van der Waals surface area contributed by atoms with E-state index >= 15 is 0 Å². The molecule has 3 aromatic rings. The van der Waals surface area contributed by atoms with Crippen LogP contribution in [-0.4, -0.2) is 26.3 Å². The van der Waals surface area contributed by atoms with E-state index < -0.39 is 11.7 Å². The van der Waals surface area contributed by atoms with Crippen LogP contribution in [0.4, 0.5) is 10.6 Å². The third kappa shape index (κ3) is 4.12. The van der Waals surface area contributed by atoms with Gasteiger partial charge >= 0.3 is 6.09 Å². The minimum absolute atomic E-state index is 0.0682. The van der Waals surface area contributed by atoms with Gasteiger partial charge in [0.1, 0.15) is 11.1 Å². The molecule has 0 aromatic carbocycles. The van der Waals surface area contributed by atoms with Crippen LogP contribution in [0.2, 0.25) is 5.28 Å². The van der Waals surface area contributed by atoms with Crippen molar-refractivity contribution >= 4 is 63.0 Å². The van der Waals surface area contributed by atoms with Crippen LogP contribution in [0.3, 0.4) is 0 Å². The van der Waals surface area contributed by atoms with Crippen LogP contribution < -0.4 is 4.90 Å². The zero-order chi connectivity index (χ0) is 19.1. The minimum Gasteiger partial charge on any atom is -0.443 e. The van der Waals surface area contributed by atoms with Crippen molar-refractivity contribution in [1.82, 2.24) is 14.6 Å². The van der Waals surface area contributed by atoms with Crippen molar-refractivity contribution in [2.75, 3.05) is 4.90 Å². The van der Waals surface area contributed by atoms with Gasteiger partial charge in [-0.15, -0.1) is 16.4 Å². The number of rotatable bonds is 3. The average Bonchev–Trinajstić information content (AvgIpc) is 3.11. The lowest BCUT2D eigenvalue weighted by molar-refractivity contribution is 0.0577. The summed E-state index contributed by atoms with van der Waals surface area (Å²) in [6, 6.07) is 3.91. The zero-order valence-corrected chi connectivity index (χ0v) is 18.5. The highest BCUT2D eigenvalue weighted by atomic mass is 127. The molecule has 0 bridgehead atoms. The van der Waals surface area contributed by atoms with Crippen molar-refractivity contribution in [3.63, 3.8) is 0 Å². The molecule has 3 rings (SSSR count). The molecular weight excluding hydrogens is 487 g/mol. The summed E-state index contributed by atoms with van der Waals surface area (Å²) in [5.41, 5.74) is 1.10. The van der Waals surface area contributed by atoms with Gasteiger partial charge in [0.15, 0.2) is 5.82 Å². The molecular formula is C17H18ClIN4O2S. The fraction of sp³-hybridized carbons (Fsp3) is 0.353. The maximum atomic E-state index is 13.0. The minimum atomic E-state index is -0.622. The third-order valence-electron chi connectivity index (χ3n) is 3.54. The summed E-state index contributed by atoms with van der Waals surface area (Å²) in [5.74, 6) is 0.438. The van der Waals surface area contributed by atoms with Gasteiger partial charge in [0.05, 0.1) is 6.54 Å². The number of halogens is 2. The van der Waals surface area contributed by atoms with Gasteiger partial charge in [-0.05, 0) is 78.9 Å². The summed E-state index contributed by atoms with van der Waals surface area (Å²) in [6.45, 7) is 7.82. The molecule has 9 heteroatoms. The number of nitrogens with zero attached hydrogens (tertiary/aromatic N) is 4. The van der Waals surface area contributed by atoms with Gasteiger partial charge < -0.3 is 4.74 Å². The standard InChI is InChI=1S/C17H18ClIN4O2S/c1-10-12(19)9-23-13(10)14(20-15(18)21-23)22(8-11-6-5-7-26-11)16(24)25-17(2,3)4/h5-7,9H,8H2,1-4H3. The second-order valence-corrected chi connectivity index (χ2v) is 9.28. The Bertz CT molecular complexity index is 950. The summed E-state index contributed by atoms with van der Waals surface area (Å²) >= 11 is 9.92. The lowest BCUT2D eigenvalue weighted by atomic mass is 10.2. The molecule has 3 aromatic heterocycles. The summed E-state index contributed by atoms with van der Waals surface area (Å²) in [7, 11) is 0. The first-order valence-corrected chi connectivity index (χ1v) is 10.2. The number of hydrogen-bond acceptors (Lipinski definition) is 5. The molecule has 0 unspecified atom stereocenters. The van der Waals surface area contributed by atoms with Gasteiger partial charge in [0, 0.05) is 14.6 Å². The smallest absolute Gasteiger partial charge is 0.416 e. The number of amides is 1. The lowest BCUT2D eigenvalue weighted by Gasteiger charge is -2.27. The van der Waals surface area contributed by atoms with E-state index in [9.17, 15) is 4.79 Å². The van der Waals surface area contributed by atoms with E-state index in [0.717, 1.165) is 19.5 Å². The topological polar surface area (TPSA) is 59.7 Å². The molecule has 0 spiro atoms. The Balaban J connectivity index is 2.15. The fourth-order valence-electron chi connectivity index (χ4n) is 2.44. The molecule has 6 nitrogen and oxygen atoms in total. The number of aromatic nitrogens is 3. The quantitative estimate of drug-likeness (QED) is 0.454. The first kappa shape index (κ1) is 19.4. The second kappa shape index (κ2) is 7.32. The molecule has 1 amide bonds. The Morgan fingerprint density at radius 2 is 2.19 bits per heavy atom. The highest BCUT2D eigenvalue weighted by Gasteiger charge is 2.28. The molecule has 0 aliphatic rings. The van der Waals surface area contributed by atoms with Crippen LogP contribution in [0.25, 0.3) is 5.52 Å². The molecule has 3 heterocycles. The molecule has 0 radical (unpaired) electrons. The van der Waals surface area contributed by atoms with Crippen LogP contribution in [0.15, 0.2) is 23.7 Å². The molecule has 0 saturated heterocycles. The first-order valence-electron chi connectivity index (χ1n) is 7.89. The van der Waals surface area contributed by atoms with Crippen LogP contribution >= 0.6 is 45.5 Å². The van der Waals surface area contributed by atoms with E-state index in [1.54, 1.807) is 15.9 Å². The zero-order valence-electron chi connectivity index (χ0n) is 14.8. The van der Waals surface area contributed by atoms with E-state index in [-0.39, 0.29) is 5.28 Å². The normalized spacial score (nSPS) is 11.8. The van der Waals surface area contributed by atoms with Crippen molar-refractivity contribution in [2.45, 2.75) is 39.8 Å². The maximum Gasteiger partial charge on any atom is 0.416 e. The van der Waals surface area contributed by atoms with E-state index in [1.165, 1.54) is 4.90 Å². The average molecular weight is 505 g/mol. The number of ether oxygens (including phenoxy) is 1. The monoisotopic (exact) mass is 504 g/mol. The predicted molar refractivity (Wildman–Crippen MR) is 112 cm³/mol. The van der Waals surface area contributed by atoms with Crippen LogP contribution in [0, 0.1) is 10.5 Å². The third-order valence-corrected chi connectivity index (χ3v) is 5.65. The number of anilines is 1. The number of hydrogen-bond donors (Lipinski definition) is 0. The van der Waals surface area contributed by atoms with E-state index in [2.05, 4.69) is 32.7 Å². The summed E-state index contributed by atoms with van der Waals surface area (Å²) in [6.07, 6.45) is 1.39. The molecule has 0 atom stereocenters. The van der Waals surface area contributed by atoms with Gasteiger partial charge in [-0.3, -0.25) is 4.90 Å². The number of fused-ring (bicyclic) bond motifs is 1. The molecule has 26 heavy (non-hydrogen) atoms. The van der Waals surface area contributed by atoms with Gasteiger partial charge in [-0.2, -0.15) is 4.98 Å². The van der Waals surface area contributed by atoms with Gasteiger partial charge in [0.2, 0.25) is 5.28 Å². The Kier molecular flexibility index (Phi) is 5.45. The van der Waals surface area contributed by atoms with E-state index in [1.807, 2.05) is 51.4 Å². The van der Waals surface area contributed by atoms with Crippen LogP contribution in [-0.2, 0) is 11.3 Å². The summed E-state index contributed by atoms with van der Waals surface area (Å²) in [5, 5.41) is 6.26. The van der Waals surface area contributed by atoms with Gasteiger partial charge in [-0.25, -0.2) is 9.31 Å². The number of carbonyl (C=O) groups excluding carboxylic acids is 1. The number of aryl methyl sites for hydroxylation is 1. The molecule has 0 aliphatic heterocycles. The number of carbonyl (C=O) groups is 1. The van der Waals surface area contributed by atoms with E-state index in [0.29, 0.717) is 12.4 Å². The van der Waals surface area contributed by atoms with Crippen molar-refractivity contribution in [1.29, 1.82) is 0 Å². The molecule has 0 saturated carbocycles. The Morgan fingerprint density at radius 1 is 1.46 bits per heavy atom. The first-order chi connectivity index (χ1) is 12.2. The van der Waals surface area contributed by atoms with Crippen molar-refractivity contribution in [3.8, 4) is 0 Å². The van der Waals surface area contributed by atoms with Gasteiger partial charge in [0.25, 0.3) is 0 Å². The molecule has 0 fully saturated rings. The van der Waals surface area contributed by atoms with E-state index in [4.69, 9.17) is 16.3 Å². The summed E-state index contributed by atoms with van der Waals surface area (Å²) in [4.78, 5) is 19.9. The second-order valence-electron chi connectivity index (χ2n) is 6.75. The number of thiophene rings is 1. The lowest BCUT2D eigenvalue weighted by Crippen LogP contribution is -2.37. The molecule has 0 aliphatic carbocycles. The van der Waals surface area contributed by atoms with Crippen LogP contribution in [0.1, 0.15) is 31.2 Å². The van der Waals surface area contributed by atoms with Crippen molar-refractivity contribution in [2.24, 2.45) is 0 Å². The fourth-order valence-corrected chi connectivity index (χ4v) is 3.82. The Hall–Kier alpha value is -1.39. The van der Waals surface area contributed by atoms with Gasteiger partial charge in [-0.1, -0.05) is 6.07 Å².